The monoisotopic (exact) mass is 454 g/mol. The molecule has 3 aromatic rings. The Morgan fingerprint density at radius 2 is 2.18 bits per heavy atom. The SMILES string of the molecule is CC(=O)N1CC=C(c2cc3c(=N[C@H](C)c4cccc(C#N)c4C)nc4n(c3cn2)CCO4)CC1. The number of ether oxygens (including phenoxy) is 1. The number of nitrogens with zero attached hydrogens (tertiary/aromatic N) is 6. The highest BCUT2D eigenvalue weighted by molar-refractivity contribution is 5.82. The molecule has 5 rings (SSSR count). The summed E-state index contributed by atoms with van der Waals surface area (Å²) in [6, 6.07) is 10.4. The normalized spacial score (nSPS) is 16.6. The van der Waals surface area contributed by atoms with Gasteiger partial charge in [-0.15, -0.1) is 0 Å². The number of fused-ring (bicyclic) bond motifs is 3. The first-order chi connectivity index (χ1) is 16.5. The van der Waals surface area contributed by atoms with Gasteiger partial charge in [-0.2, -0.15) is 10.2 Å². The molecule has 0 unspecified atom stereocenters. The van der Waals surface area contributed by atoms with Crippen LogP contribution in [0.4, 0.5) is 0 Å². The van der Waals surface area contributed by atoms with Gasteiger partial charge in [0.25, 0.3) is 6.01 Å². The summed E-state index contributed by atoms with van der Waals surface area (Å²) in [5.41, 5.74) is 6.12. The Hall–Kier alpha value is -3.99. The van der Waals surface area contributed by atoms with Crippen LogP contribution in [0.3, 0.4) is 0 Å². The topological polar surface area (TPSA) is 96.4 Å². The number of pyridine rings is 1. The third-order valence-corrected chi connectivity index (χ3v) is 6.64. The molecule has 8 nitrogen and oxygen atoms in total. The Kier molecular flexibility index (Phi) is 5.62. The van der Waals surface area contributed by atoms with Crippen LogP contribution in [0, 0.1) is 18.3 Å². The van der Waals surface area contributed by atoms with Gasteiger partial charge in [0.1, 0.15) is 6.61 Å². The summed E-state index contributed by atoms with van der Waals surface area (Å²) in [6.45, 7) is 8.14. The highest BCUT2D eigenvalue weighted by Crippen LogP contribution is 2.27. The van der Waals surface area contributed by atoms with Gasteiger partial charge in [-0.05, 0) is 49.1 Å². The number of carbonyl (C=O) groups is 1. The Bertz CT molecular complexity index is 1450. The van der Waals surface area contributed by atoms with Gasteiger partial charge in [0.05, 0.1) is 41.6 Å². The molecule has 0 saturated heterocycles. The van der Waals surface area contributed by atoms with Crippen molar-refractivity contribution in [3.05, 3.63) is 64.4 Å². The van der Waals surface area contributed by atoms with Crippen molar-refractivity contribution in [2.45, 2.75) is 39.8 Å². The van der Waals surface area contributed by atoms with Gasteiger partial charge in [-0.25, -0.2) is 0 Å². The largest absolute Gasteiger partial charge is 0.463 e. The molecule has 2 aliphatic rings. The van der Waals surface area contributed by atoms with Crippen LogP contribution >= 0.6 is 0 Å². The summed E-state index contributed by atoms with van der Waals surface area (Å²) in [7, 11) is 0. The maximum atomic E-state index is 11.7. The highest BCUT2D eigenvalue weighted by Gasteiger charge is 2.20. The quantitative estimate of drug-likeness (QED) is 0.605. The zero-order chi connectivity index (χ0) is 23.8. The van der Waals surface area contributed by atoms with Crippen molar-refractivity contribution in [2.75, 3.05) is 19.7 Å². The van der Waals surface area contributed by atoms with Gasteiger partial charge >= 0.3 is 0 Å². The summed E-state index contributed by atoms with van der Waals surface area (Å²) < 4.78 is 7.78. The lowest BCUT2D eigenvalue weighted by atomic mass is 9.98. The fourth-order valence-corrected chi connectivity index (χ4v) is 4.65. The number of rotatable bonds is 3. The highest BCUT2D eigenvalue weighted by atomic mass is 16.5. The molecule has 1 amide bonds. The molecule has 0 aliphatic carbocycles. The minimum absolute atomic E-state index is 0.0868. The lowest BCUT2D eigenvalue weighted by Gasteiger charge is -2.25. The fourth-order valence-electron chi connectivity index (χ4n) is 4.65. The lowest BCUT2D eigenvalue weighted by Crippen LogP contribution is -2.32. The molecular weight excluding hydrogens is 428 g/mol. The average molecular weight is 455 g/mol. The van der Waals surface area contributed by atoms with Crippen LogP contribution in [-0.2, 0) is 11.3 Å². The first-order valence-corrected chi connectivity index (χ1v) is 11.5. The zero-order valence-corrected chi connectivity index (χ0v) is 19.6. The molecule has 0 spiro atoms. The van der Waals surface area contributed by atoms with Gasteiger partial charge in [0.15, 0.2) is 5.49 Å². The summed E-state index contributed by atoms with van der Waals surface area (Å²) in [5, 5.41) is 10.3. The molecule has 8 heteroatoms. The maximum Gasteiger partial charge on any atom is 0.298 e. The second-order valence-corrected chi connectivity index (χ2v) is 8.69. The Labute approximate surface area is 197 Å². The maximum absolute atomic E-state index is 11.7. The van der Waals surface area contributed by atoms with E-state index in [1.165, 1.54) is 0 Å². The van der Waals surface area contributed by atoms with E-state index in [1.807, 2.05) is 53.8 Å². The molecule has 4 heterocycles. The third kappa shape index (κ3) is 3.83. The van der Waals surface area contributed by atoms with Gasteiger partial charge < -0.3 is 9.64 Å². The number of aromatic nitrogens is 3. The lowest BCUT2D eigenvalue weighted by molar-refractivity contribution is -0.128. The van der Waals surface area contributed by atoms with E-state index in [-0.39, 0.29) is 11.9 Å². The van der Waals surface area contributed by atoms with Crippen LogP contribution in [0.1, 0.15) is 48.7 Å². The Morgan fingerprint density at radius 3 is 2.91 bits per heavy atom. The van der Waals surface area contributed by atoms with Crippen LogP contribution < -0.4 is 10.2 Å². The molecule has 1 atom stereocenters. The predicted molar refractivity (Wildman–Crippen MR) is 128 cm³/mol. The third-order valence-electron chi connectivity index (χ3n) is 6.64. The molecule has 2 aromatic heterocycles. The van der Waals surface area contributed by atoms with Crippen LogP contribution in [0.2, 0.25) is 0 Å². The van der Waals surface area contributed by atoms with Crippen LogP contribution in [0.25, 0.3) is 16.5 Å². The standard InChI is InChI=1S/C26H26N6O2/c1-16-20(14-27)5-4-6-21(16)17(2)29-25-22-13-23(19-7-9-31(10-8-19)18(3)33)28-15-24(22)32-11-12-34-26(32)30-25/h4-7,13,15,17H,8-12H2,1-3H3/t17-/m1/s1. The number of benzene rings is 1. The molecular formula is C26H26N6O2. The fraction of sp³-hybridized carbons (Fsp3) is 0.346. The molecule has 0 N–H and O–H groups in total. The van der Waals surface area contributed by atoms with E-state index < -0.39 is 0 Å². The van der Waals surface area contributed by atoms with Gasteiger partial charge in [0, 0.05) is 25.4 Å². The zero-order valence-electron chi connectivity index (χ0n) is 19.6. The summed E-state index contributed by atoms with van der Waals surface area (Å²) in [4.78, 5) is 28.0. The van der Waals surface area contributed by atoms with E-state index in [2.05, 4.69) is 12.1 Å². The molecule has 34 heavy (non-hydrogen) atoms. The van der Waals surface area contributed by atoms with Gasteiger partial charge in [-0.3, -0.25) is 19.3 Å². The van der Waals surface area contributed by atoms with Crippen molar-refractivity contribution >= 4 is 22.4 Å². The van der Waals surface area contributed by atoms with E-state index >= 15 is 0 Å². The number of nitriles is 1. The second-order valence-electron chi connectivity index (χ2n) is 8.69. The molecule has 0 bridgehead atoms. The van der Waals surface area contributed by atoms with Gasteiger partial charge in [-0.1, -0.05) is 18.2 Å². The van der Waals surface area contributed by atoms with Crippen molar-refractivity contribution in [3.8, 4) is 12.1 Å². The second kappa shape index (κ2) is 8.75. The number of amides is 1. The van der Waals surface area contributed by atoms with Crippen molar-refractivity contribution in [3.63, 3.8) is 0 Å². The molecule has 0 fully saturated rings. The number of hydrogen-bond acceptors (Lipinski definition) is 6. The van der Waals surface area contributed by atoms with Crippen molar-refractivity contribution in [1.82, 2.24) is 19.4 Å². The molecule has 0 radical (unpaired) electrons. The van der Waals surface area contributed by atoms with E-state index in [0.29, 0.717) is 36.8 Å². The van der Waals surface area contributed by atoms with E-state index in [9.17, 15) is 10.1 Å². The smallest absolute Gasteiger partial charge is 0.298 e. The van der Waals surface area contributed by atoms with Crippen LogP contribution in [-0.4, -0.2) is 45.0 Å². The number of hydrogen-bond donors (Lipinski definition) is 0. The first-order valence-electron chi connectivity index (χ1n) is 11.5. The van der Waals surface area contributed by atoms with Gasteiger partial charge in [0.2, 0.25) is 5.91 Å². The first kappa shape index (κ1) is 21.8. The predicted octanol–water partition coefficient (Wildman–Crippen LogP) is 3.30. The molecule has 172 valence electrons. The molecule has 0 saturated carbocycles. The van der Waals surface area contributed by atoms with Crippen molar-refractivity contribution in [2.24, 2.45) is 4.99 Å². The summed E-state index contributed by atoms with van der Waals surface area (Å²) >= 11 is 0. The van der Waals surface area contributed by atoms with Crippen molar-refractivity contribution in [1.29, 1.82) is 5.26 Å². The minimum Gasteiger partial charge on any atom is -0.463 e. The Balaban J connectivity index is 1.63. The van der Waals surface area contributed by atoms with Crippen LogP contribution in [0.15, 0.2) is 41.5 Å². The van der Waals surface area contributed by atoms with E-state index in [4.69, 9.17) is 19.7 Å². The van der Waals surface area contributed by atoms with E-state index in [1.54, 1.807) is 6.92 Å². The molecule has 2 aliphatic heterocycles. The van der Waals surface area contributed by atoms with Crippen LogP contribution in [0.5, 0.6) is 6.01 Å². The average Bonchev–Trinajstić information content (AvgIpc) is 3.32. The summed E-state index contributed by atoms with van der Waals surface area (Å²) in [5.74, 6) is 0.0868. The number of carbonyl (C=O) groups excluding carboxylic acids is 1. The van der Waals surface area contributed by atoms with E-state index in [0.717, 1.165) is 46.3 Å². The minimum atomic E-state index is -0.192. The molecule has 1 aromatic carbocycles. The Morgan fingerprint density at radius 1 is 1.32 bits per heavy atom. The summed E-state index contributed by atoms with van der Waals surface area (Å²) in [6.07, 6.45) is 4.70. The van der Waals surface area contributed by atoms with Crippen molar-refractivity contribution < 1.29 is 9.53 Å².